The van der Waals surface area contributed by atoms with E-state index < -0.39 is 28.6 Å². The van der Waals surface area contributed by atoms with Crippen LogP contribution in [0, 0.1) is 11.8 Å². The van der Waals surface area contributed by atoms with E-state index in [1.54, 1.807) is 32.3 Å². The van der Waals surface area contributed by atoms with Crippen LogP contribution in [0.5, 0.6) is 0 Å². The van der Waals surface area contributed by atoms with Crippen LogP contribution in [0.2, 0.25) is 0 Å². The second-order valence-corrected chi connectivity index (χ2v) is 12.5. The van der Waals surface area contributed by atoms with Crippen molar-refractivity contribution in [2.24, 2.45) is 11.8 Å². The van der Waals surface area contributed by atoms with Crippen LogP contribution in [-0.2, 0) is 25.8 Å². The van der Waals surface area contributed by atoms with Gasteiger partial charge in [0.25, 0.3) is 0 Å². The number of likely N-dealkylation sites (tertiary alicyclic amines) is 1. The number of para-hydroxylation sites is 1. The summed E-state index contributed by atoms with van der Waals surface area (Å²) in [5, 5.41) is 17.8. The lowest BCUT2D eigenvalue weighted by atomic mass is 9.71. The Kier molecular flexibility index (Phi) is 7.65. The Morgan fingerprint density at radius 3 is 2.84 bits per heavy atom. The molecule has 4 heterocycles. The average Bonchev–Trinajstić information content (AvgIpc) is 3.63. The summed E-state index contributed by atoms with van der Waals surface area (Å²) in [6, 6.07) is 6.68. The van der Waals surface area contributed by atoms with Gasteiger partial charge in [-0.1, -0.05) is 52.0 Å². The third kappa shape index (κ3) is 4.26. The first kappa shape index (κ1) is 26.9. The molecule has 2 aromatic rings. The number of ether oxygens (including phenoxy) is 1. The Hall–Kier alpha value is -2.70. The van der Waals surface area contributed by atoms with Crippen LogP contribution in [0.1, 0.15) is 12.8 Å². The quantitative estimate of drug-likeness (QED) is 0.235. The van der Waals surface area contributed by atoms with E-state index >= 15 is 0 Å². The average molecular weight is 605 g/mol. The number of halogens is 1. The van der Waals surface area contributed by atoms with Gasteiger partial charge in [0.2, 0.25) is 11.8 Å². The zero-order valence-electron chi connectivity index (χ0n) is 20.8. The van der Waals surface area contributed by atoms with E-state index in [0.29, 0.717) is 18.4 Å². The van der Waals surface area contributed by atoms with Gasteiger partial charge in [-0.2, -0.15) is 0 Å². The van der Waals surface area contributed by atoms with Gasteiger partial charge in [-0.3, -0.25) is 14.4 Å². The molecule has 1 aromatic heterocycles. The SMILES string of the molecule is C=CCOC(=O)[C@H]1[C@@H]2SC3(CC2Br)C(C(=O)N(CC=C)Cn2nnc4ccccc42)N(CCCO)C(=O)[C@H]13. The number of rotatable bonds is 11. The van der Waals surface area contributed by atoms with Crippen LogP contribution in [0.15, 0.2) is 49.6 Å². The molecule has 0 saturated carbocycles. The van der Waals surface area contributed by atoms with E-state index in [2.05, 4.69) is 39.4 Å². The molecular weight excluding hydrogens is 574 g/mol. The van der Waals surface area contributed by atoms with Crippen molar-refractivity contribution in [3.63, 3.8) is 0 Å². The zero-order chi connectivity index (χ0) is 27.0. The number of benzene rings is 1. The Morgan fingerprint density at radius 2 is 2.11 bits per heavy atom. The van der Waals surface area contributed by atoms with Crippen molar-refractivity contribution in [1.29, 1.82) is 0 Å². The Balaban J connectivity index is 1.52. The van der Waals surface area contributed by atoms with Gasteiger partial charge in [0.05, 0.1) is 22.1 Å². The van der Waals surface area contributed by atoms with Crippen molar-refractivity contribution >= 4 is 56.5 Å². The van der Waals surface area contributed by atoms with Gasteiger partial charge in [0, 0.05) is 29.8 Å². The van der Waals surface area contributed by atoms with Gasteiger partial charge in [0.15, 0.2) is 0 Å². The smallest absolute Gasteiger partial charge is 0.311 e. The molecule has 5 rings (SSSR count). The molecule has 2 bridgehead atoms. The molecule has 1 N–H and O–H groups in total. The highest BCUT2D eigenvalue weighted by molar-refractivity contribution is 9.09. The number of carbonyl (C=O) groups is 3. The van der Waals surface area contributed by atoms with Crippen LogP contribution in [0.25, 0.3) is 11.0 Å². The van der Waals surface area contributed by atoms with E-state index in [1.807, 2.05) is 24.3 Å². The maximum atomic E-state index is 14.4. The van der Waals surface area contributed by atoms with Gasteiger partial charge < -0.3 is 19.6 Å². The van der Waals surface area contributed by atoms with Crippen LogP contribution in [-0.4, -0.2) is 94.9 Å². The fraction of sp³-hybridized carbons (Fsp3) is 0.500. The number of aliphatic hydroxyl groups excluding tert-OH is 1. The molecule has 1 aromatic carbocycles. The van der Waals surface area contributed by atoms with Gasteiger partial charge in [-0.25, -0.2) is 4.68 Å². The molecule has 0 aliphatic carbocycles. The summed E-state index contributed by atoms with van der Waals surface area (Å²) >= 11 is 5.28. The molecule has 38 heavy (non-hydrogen) atoms. The highest BCUT2D eigenvalue weighted by Crippen LogP contribution is 2.68. The number of nitrogens with zero attached hydrogens (tertiary/aromatic N) is 5. The Labute approximate surface area is 233 Å². The van der Waals surface area contributed by atoms with Crippen molar-refractivity contribution < 1.29 is 24.2 Å². The van der Waals surface area contributed by atoms with Crippen molar-refractivity contribution in [2.45, 2.75) is 40.4 Å². The standard InChI is InChI=1S/C26H30BrN5O5S/c1-3-10-30(15-32-18-9-6-5-8-17(18)28-29-32)24(35)22-26-14-16(27)21(38-26)19(25(36)37-13-4-2)20(26)23(34)31(22)11-7-12-33/h3-6,8-9,16,19-22,33H,1-2,7,10-15H2/t16?,19-,20+,21-,22?,26?/m1/s1. The van der Waals surface area contributed by atoms with Crippen molar-refractivity contribution in [2.75, 3.05) is 26.3 Å². The summed E-state index contributed by atoms with van der Waals surface area (Å²) in [5.74, 6) is -2.29. The molecule has 0 radical (unpaired) electrons. The molecule has 6 atom stereocenters. The lowest BCUT2D eigenvalue weighted by Crippen LogP contribution is -2.55. The maximum absolute atomic E-state index is 14.4. The van der Waals surface area contributed by atoms with E-state index in [-0.39, 0.29) is 54.9 Å². The minimum Gasteiger partial charge on any atom is -0.461 e. The molecule has 10 nitrogen and oxygen atoms in total. The Bertz CT molecular complexity index is 1270. The number of carbonyl (C=O) groups excluding carboxylic acids is 3. The molecule has 202 valence electrons. The van der Waals surface area contributed by atoms with Gasteiger partial charge in [-0.05, 0) is 25.0 Å². The molecule has 1 spiro atoms. The molecule has 3 unspecified atom stereocenters. The molecule has 3 fully saturated rings. The first-order chi connectivity index (χ1) is 18.4. The van der Waals surface area contributed by atoms with Crippen LogP contribution >= 0.6 is 27.7 Å². The monoisotopic (exact) mass is 603 g/mol. The van der Waals surface area contributed by atoms with Crippen LogP contribution in [0.3, 0.4) is 0 Å². The minimum absolute atomic E-state index is 0.0574. The zero-order valence-corrected chi connectivity index (χ0v) is 23.2. The second-order valence-electron chi connectivity index (χ2n) is 9.76. The molecule has 12 heteroatoms. The summed E-state index contributed by atoms with van der Waals surface area (Å²) in [4.78, 5) is 44.6. The summed E-state index contributed by atoms with van der Waals surface area (Å²) in [6.45, 7) is 7.96. The number of esters is 1. The van der Waals surface area contributed by atoms with Gasteiger partial charge in [0.1, 0.15) is 24.8 Å². The number of alkyl halides is 1. The first-order valence-corrected chi connectivity index (χ1v) is 14.4. The van der Waals surface area contributed by atoms with E-state index in [9.17, 15) is 19.5 Å². The highest BCUT2D eigenvalue weighted by Gasteiger charge is 2.76. The summed E-state index contributed by atoms with van der Waals surface area (Å²) in [5.41, 5.74) is 1.50. The van der Waals surface area contributed by atoms with Gasteiger partial charge >= 0.3 is 5.97 Å². The normalized spacial score (nSPS) is 29.5. The molecule has 3 aliphatic heterocycles. The number of aliphatic hydroxyl groups is 1. The molecular formula is C26H30BrN5O5S. The third-order valence-corrected chi connectivity index (χ3v) is 10.8. The van der Waals surface area contributed by atoms with Gasteiger partial charge in [-0.15, -0.1) is 23.4 Å². The lowest BCUT2D eigenvalue weighted by Gasteiger charge is -2.37. The minimum atomic E-state index is -0.812. The fourth-order valence-corrected chi connectivity index (χ4v) is 9.72. The topological polar surface area (TPSA) is 118 Å². The summed E-state index contributed by atoms with van der Waals surface area (Å²) < 4.78 is 6.26. The summed E-state index contributed by atoms with van der Waals surface area (Å²) in [6.07, 6.45) is 4.02. The van der Waals surface area contributed by atoms with E-state index in [0.717, 1.165) is 5.52 Å². The fourth-order valence-electron chi connectivity index (χ4n) is 6.13. The van der Waals surface area contributed by atoms with Crippen molar-refractivity contribution in [3.8, 4) is 0 Å². The highest BCUT2D eigenvalue weighted by atomic mass is 79.9. The third-order valence-electron chi connectivity index (χ3n) is 7.58. The number of amides is 2. The maximum Gasteiger partial charge on any atom is 0.311 e. The largest absolute Gasteiger partial charge is 0.461 e. The number of thioether (sulfide) groups is 1. The second kappa shape index (κ2) is 10.8. The molecule has 3 aliphatic rings. The Morgan fingerprint density at radius 1 is 1.32 bits per heavy atom. The molecule has 3 saturated heterocycles. The van der Waals surface area contributed by atoms with Crippen molar-refractivity contribution in [3.05, 3.63) is 49.6 Å². The first-order valence-electron chi connectivity index (χ1n) is 12.6. The van der Waals surface area contributed by atoms with Crippen molar-refractivity contribution in [1.82, 2.24) is 24.8 Å². The number of fused-ring (bicyclic) bond motifs is 2. The van der Waals surface area contributed by atoms with E-state index in [4.69, 9.17) is 4.74 Å². The number of hydrogen-bond donors (Lipinski definition) is 1. The predicted molar refractivity (Wildman–Crippen MR) is 146 cm³/mol. The van der Waals surface area contributed by atoms with Crippen LogP contribution < -0.4 is 0 Å². The lowest BCUT2D eigenvalue weighted by molar-refractivity contribution is -0.153. The number of hydrogen-bond acceptors (Lipinski definition) is 8. The summed E-state index contributed by atoms with van der Waals surface area (Å²) in [7, 11) is 0. The van der Waals surface area contributed by atoms with Crippen LogP contribution in [0.4, 0.5) is 0 Å². The molecule has 2 amide bonds. The van der Waals surface area contributed by atoms with E-state index in [1.165, 1.54) is 6.08 Å². The number of aromatic nitrogens is 3. The predicted octanol–water partition coefficient (Wildman–Crippen LogP) is 1.98.